The van der Waals surface area contributed by atoms with Crippen LogP contribution in [0.2, 0.25) is 0 Å². The minimum absolute atomic E-state index is 0.0227. The highest BCUT2D eigenvalue weighted by Crippen LogP contribution is 2.24. The van der Waals surface area contributed by atoms with Crippen LogP contribution in [0.25, 0.3) is 0 Å². The van der Waals surface area contributed by atoms with Gasteiger partial charge in [0.1, 0.15) is 0 Å². The van der Waals surface area contributed by atoms with E-state index in [2.05, 4.69) is 42.2 Å². The second-order valence-electron chi connectivity index (χ2n) is 4.61. The first-order valence-electron chi connectivity index (χ1n) is 6.33. The highest BCUT2D eigenvalue weighted by Gasteiger charge is 2.28. The summed E-state index contributed by atoms with van der Waals surface area (Å²) in [5.41, 5.74) is -1.36. The topological polar surface area (TPSA) is 68.5 Å². The van der Waals surface area contributed by atoms with E-state index in [1.54, 1.807) is 6.92 Å². The fourth-order valence-corrected chi connectivity index (χ4v) is 2.38. The Morgan fingerprint density at radius 3 is 2.76 bits per heavy atom. The number of aliphatic hydroxyl groups excluding tert-OH is 1. The molecule has 1 heterocycles. The molecule has 0 aliphatic heterocycles. The van der Waals surface area contributed by atoms with Crippen LogP contribution in [0.1, 0.15) is 26.0 Å². The lowest BCUT2D eigenvalue weighted by atomic mass is 9.99. The van der Waals surface area contributed by atoms with E-state index in [9.17, 15) is 19.2 Å². The number of aromatic nitrogens is 1. The SMILES string of the molecule is C[C@@H](C(O)CCCP)[C@H](OF)n1cc(Br)c(=O)c#cc1=O. The molecule has 21 heavy (non-hydrogen) atoms. The molecule has 1 aromatic heterocycles. The lowest BCUT2D eigenvalue weighted by molar-refractivity contribution is -0.236. The van der Waals surface area contributed by atoms with E-state index in [-0.39, 0.29) is 4.47 Å². The molecule has 5 nitrogen and oxygen atoms in total. The predicted octanol–water partition coefficient (Wildman–Crippen LogP) is 1.62. The largest absolute Gasteiger partial charge is 0.393 e. The first-order chi connectivity index (χ1) is 9.92. The molecule has 0 radical (unpaired) electrons. The molecule has 0 amide bonds. The van der Waals surface area contributed by atoms with Crippen molar-refractivity contribution in [2.45, 2.75) is 32.1 Å². The highest BCUT2D eigenvalue weighted by atomic mass is 79.9. The third kappa shape index (κ3) is 4.86. The lowest BCUT2D eigenvalue weighted by Gasteiger charge is -2.25. The second-order valence-corrected chi connectivity index (χ2v) is 6.04. The second kappa shape index (κ2) is 8.60. The van der Waals surface area contributed by atoms with E-state index in [1.807, 2.05) is 0 Å². The maximum absolute atomic E-state index is 12.9. The molecule has 2 unspecified atom stereocenters. The first-order valence-corrected chi connectivity index (χ1v) is 7.94. The predicted molar refractivity (Wildman–Crippen MR) is 82.6 cm³/mol. The molecule has 0 aliphatic rings. The Kier molecular flexibility index (Phi) is 7.47. The molecule has 0 aliphatic carbocycles. The molecule has 116 valence electrons. The van der Waals surface area contributed by atoms with Crippen molar-refractivity contribution in [2.24, 2.45) is 5.92 Å². The molecular weight excluding hydrogens is 364 g/mol. The molecule has 0 saturated carbocycles. The van der Waals surface area contributed by atoms with Gasteiger partial charge in [0.2, 0.25) is 5.43 Å². The quantitative estimate of drug-likeness (QED) is 0.731. The van der Waals surface area contributed by atoms with Crippen LogP contribution in [0, 0.1) is 18.1 Å². The molecular formula is C13H16BrFNO4P. The Bertz CT molecular complexity index is 583. The van der Waals surface area contributed by atoms with Crippen LogP contribution in [0.3, 0.4) is 0 Å². The number of hydrogen-bond acceptors (Lipinski definition) is 4. The van der Waals surface area contributed by atoms with Crippen LogP contribution in [0.5, 0.6) is 0 Å². The fourth-order valence-electron chi connectivity index (χ4n) is 1.82. The van der Waals surface area contributed by atoms with E-state index >= 15 is 0 Å². The zero-order chi connectivity index (χ0) is 16.0. The van der Waals surface area contributed by atoms with E-state index in [1.165, 1.54) is 0 Å². The van der Waals surface area contributed by atoms with Crippen molar-refractivity contribution in [3.8, 4) is 0 Å². The third-order valence-corrected chi connectivity index (χ3v) is 4.09. The monoisotopic (exact) mass is 379 g/mol. The Morgan fingerprint density at radius 1 is 1.52 bits per heavy atom. The van der Waals surface area contributed by atoms with Gasteiger partial charge in [0.15, 0.2) is 6.23 Å². The summed E-state index contributed by atoms with van der Waals surface area (Å²) in [4.78, 5) is 27.1. The standard InChI is InChI=1S/C13H16BrFNO4P/c1-8(10(17)3-2-6-21)13(20-15)16-7-9(14)11(18)4-5-12(16)19/h7-8,10,13,17H,2-3,6,21H2,1H3/t8-,10?,13-/m0/s1. The summed E-state index contributed by atoms with van der Waals surface area (Å²) in [6, 6.07) is 4.22. The zero-order valence-electron chi connectivity index (χ0n) is 11.4. The third-order valence-electron chi connectivity index (χ3n) is 3.11. The molecule has 1 rings (SSSR count). The molecule has 4 atom stereocenters. The summed E-state index contributed by atoms with van der Waals surface area (Å²) in [5, 5.41) is 10.0. The molecule has 0 spiro atoms. The van der Waals surface area contributed by atoms with Crippen molar-refractivity contribution in [3.63, 3.8) is 0 Å². The van der Waals surface area contributed by atoms with Crippen LogP contribution in [0.15, 0.2) is 20.3 Å². The molecule has 8 heteroatoms. The van der Waals surface area contributed by atoms with Crippen molar-refractivity contribution < 1.29 is 14.6 Å². The maximum Gasteiger partial charge on any atom is 0.305 e. The van der Waals surface area contributed by atoms with E-state index < -0.39 is 29.2 Å². The zero-order valence-corrected chi connectivity index (χ0v) is 14.1. The summed E-state index contributed by atoms with van der Waals surface area (Å²) >= 11 is 2.97. The van der Waals surface area contributed by atoms with E-state index in [4.69, 9.17) is 0 Å². The Morgan fingerprint density at radius 2 is 2.19 bits per heavy atom. The Balaban J connectivity index is 3.16. The maximum atomic E-state index is 12.9. The van der Waals surface area contributed by atoms with Gasteiger partial charge in [-0.15, -0.1) is 9.24 Å². The minimum atomic E-state index is -1.36. The van der Waals surface area contributed by atoms with Crippen LogP contribution < -0.4 is 11.0 Å². The van der Waals surface area contributed by atoms with Crippen molar-refractivity contribution in [1.29, 1.82) is 0 Å². The number of aliphatic hydroxyl groups is 1. The Labute approximate surface area is 132 Å². The van der Waals surface area contributed by atoms with Gasteiger partial charge in [-0.3, -0.25) is 14.2 Å². The summed E-state index contributed by atoms with van der Waals surface area (Å²) in [7, 11) is 2.54. The molecule has 1 aromatic rings. The summed E-state index contributed by atoms with van der Waals surface area (Å²) in [6.07, 6.45) is 0.894. The summed E-state index contributed by atoms with van der Waals surface area (Å²) < 4.78 is 13.8. The van der Waals surface area contributed by atoms with Crippen LogP contribution in [0.4, 0.5) is 4.53 Å². The van der Waals surface area contributed by atoms with Gasteiger partial charge in [0, 0.05) is 18.2 Å². The van der Waals surface area contributed by atoms with Gasteiger partial charge in [0.25, 0.3) is 0 Å². The van der Waals surface area contributed by atoms with E-state index in [0.717, 1.165) is 23.3 Å². The van der Waals surface area contributed by atoms with Crippen LogP contribution in [-0.4, -0.2) is 21.9 Å². The summed E-state index contributed by atoms with van der Waals surface area (Å²) in [5.74, 6) is -0.693. The van der Waals surface area contributed by atoms with Gasteiger partial charge in [-0.2, -0.15) is 4.94 Å². The van der Waals surface area contributed by atoms with Crippen LogP contribution >= 0.6 is 25.2 Å². The van der Waals surface area contributed by atoms with Gasteiger partial charge in [-0.25, -0.2) is 0 Å². The number of hydrogen-bond donors (Lipinski definition) is 1. The minimum Gasteiger partial charge on any atom is -0.393 e. The average molecular weight is 380 g/mol. The van der Waals surface area contributed by atoms with Gasteiger partial charge >= 0.3 is 5.56 Å². The van der Waals surface area contributed by atoms with Crippen molar-refractivity contribution >= 4 is 25.2 Å². The molecule has 0 aromatic carbocycles. The van der Waals surface area contributed by atoms with Gasteiger partial charge < -0.3 is 5.11 Å². The van der Waals surface area contributed by atoms with E-state index in [0.29, 0.717) is 6.42 Å². The van der Waals surface area contributed by atoms with Crippen molar-refractivity contribution in [1.82, 2.24) is 4.57 Å². The van der Waals surface area contributed by atoms with Gasteiger partial charge in [0.05, 0.1) is 10.6 Å². The number of rotatable bonds is 7. The van der Waals surface area contributed by atoms with Gasteiger partial charge in [-0.05, 0) is 45.5 Å². The van der Waals surface area contributed by atoms with Crippen molar-refractivity contribution in [2.75, 3.05) is 6.16 Å². The number of halogens is 2. The molecule has 0 fully saturated rings. The normalized spacial score (nSPS) is 15.1. The van der Waals surface area contributed by atoms with Crippen LogP contribution in [-0.2, 0) is 4.94 Å². The summed E-state index contributed by atoms with van der Waals surface area (Å²) in [6.45, 7) is 1.56. The average Bonchev–Trinajstić information content (AvgIpc) is 2.59. The first kappa shape index (κ1) is 18.2. The molecule has 0 bridgehead atoms. The number of nitrogens with zero attached hydrogens (tertiary/aromatic N) is 1. The van der Waals surface area contributed by atoms with Gasteiger partial charge in [-0.1, -0.05) is 6.92 Å². The smallest absolute Gasteiger partial charge is 0.305 e. The highest BCUT2D eigenvalue weighted by molar-refractivity contribution is 9.10. The fraction of sp³-hybridized carbons (Fsp3) is 0.538. The lowest BCUT2D eigenvalue weighted by Crippen LogP contribution is -2.33. The molecule has 1 N–H and O–H groups in total. The van der Waals surface area contributed by atoms with Crippen molar-refractivity contribution in [3.05, 3.63) is 43.4 Å². The Hall–Kier alpha value is -0.800. The molecule has 0 saturated heterocycles.